The number of halogens is 3. The molecule has 0 aliphatic carbocycles. The van der Waals surface area contributed by atoms with Crippen molar-refractivity contribution in [2.75, 3.05) is 5.01 Å². The zero-order chi connectivity index (χ0) is 15.6. The van der Waals surface area contributed by atoms with Gasteiger partial charge in [-0.05, 0) is 24.3 Å². The van der Waals surface area contributed by atoms with Gasteiger partial charge in [-0.1, -0.05) is 41.5 Å². The molecule has 3 rings (SSSR count). The summed E-state index contributed by atoms with van der Waals surface area (Å²) in [6.45, 7) is 0. The van der Waals surface area contributed by atoms with Gasteiger partial charge in [0, 0.05) is 0 Å². The second-order valence-electron chi connectivity index (χ2n) is 4.35. The van der Waals surface area contributed by atoms with Crippen molar-refractivity contribution in [3.63, 3.8) is 0 Å². The van der Waals surface area contributed by atoms with Gasteiger partial charge in [0.05, 0.1) is 5.69 Å². The second kappa shape index (κ2) is 5.57. The summed E-state index contributed by atoms with van der Waals surface area (Å²) < 4.78 is 43.9. The lowest BCUT2D eigenvalue weighted by Crippen LogP contribution is -2.49. The lowest BCUT2D eigenvalue weighted by atomic mass is 10.3. The van der Waals surface area contributed by atoms with Crippen LogP contribution >= 0.6 is 0 Å². The summed E-state index contributed by atoms with van der Waals surface area (Å²) in [6, 6.07) is 16.7. The first-order valence-corrected chi connectivity index (χ1v) is 6.34. The molecule has 1 aliphatic rings. The van der Waals surface area contributed by atoms with E-state index < -0.39 is 6.30 Å². The minimum absolute atomic E-state index is 0.210. The van der Waals surface area contributed by atoms with Crippen molar-refractivity contribution >= 4 is 11.7 Å². The van der Waals surface area contributed by atoms with Crippen LogP contribution in [0.15, 0.2) is 65.8 Å². The van der Waals surface area contributed by atoms with Crippen LogP contribution in [0.4, 0.5) is 18.9 Å². The fourth-order valence-electron chi connectivity index (χ4n) is 1.81. The molecule has 0 saturated carbocycles. The molecule has 2 aromatic rings. The number of nitrogens with one attached hydrogen (secondary N) is 1. The molecule has 22 heavy (non-hydrogen) atoms. The van der Waals surface area contributed by atoms with Crippen LogP contribution in [0, 0.1) is 0 Å². The summed E-state index contributed by atoms with van der Waals surface area (Å²) in [5, 5.41) is 4.33. The van der Waals surface area contributed by atoms with Gasteiger partial charge in [-0.3, -0.25) is 0 Å². The number of amidine groups is 1. The molecule has 8 heteroatoms. The molecule has 0 atom stereocenters. The van der Waals surface area contributed by atoms with E-state index in [-0.39, 0.29) is 11.1 Å². The highest BCUT2D eigenvalue weighted by Gasteiger charge is 2.44. The Morgan fingerprint density at radius 2 is 1.50 bits per heavy atom. The highest BCUT2D eigenvalue weighted by atomic mass is 19.4. The smallest absolute Gasteiger partial charge is 0.423 e. The average molecular weight is 308 g/mol. The highest BCUT2D eigenvalue weighted by molar-refractivity contribution is 5.93. The van der Waals surface area contributed by atoms with Crippen molar-refractivity contribution in [3.8, 4) is 5.75 Å². The van der Waals surface area contributed by atoms with E-state index in [4.69, 9.17) is 4.74 Å². The van der Waals surface area contributed by atoms with E-state index in [1.54, 1.807) is 60.7 Å². The first-order valence-electron chi connectivity index (χ1n) is 6.34. The maximum absolute atomic E-state index is 12.8. The minimum atomic E-state index is -4.67. The average Bonchev–Trinajstić information content (AvgIpc) is 2.93. The van der Waals surface area contributed by atoms with Crippen molar-refractivity contribution in [3.05, 3.63) is 60.7 Å². The summed E-state index contributed by atoms with van der Waals surface area (Å²) in [5.74, 6) is 0.382. The largest absolute Gasteiger partial charge is 0.516 e. The molecule has 1 N–H and O–H groups in total. The molecule has 1 aliphatic heterocycles. The molecule has 0 bridgehead atoms. The number of nitrogens with zero attached hydrogens (tertiary/aromatic N) is 3. The number of hydrazine groups is 2. The third kappa shape index (κ3) is 2.96. The predicted molar refractivity (Wildman–Crippen MR) is 74.5 cm³/mol. The van der Waals surface area contributed by atoms with Gasteiger partial charge in [-0.25, -0.2) is 5.01 Å². The maximum Gasteiger partial charge on any atom is 0.516 e. The van der Waals surface area contributed by atoms with E-state index in [1.807, 2.05) is 0 Å². The number of para-hydroxylation sites is 2. The molecule has 1 heterocycles. The predicted octanol–water partition coefficient (Wildman–Crippen LogP) is 3.10. The SMILES string of the molecule is FC(F)(F)N1N=C(Oc2ccccc2)N(c2ccccc2)N1. The van der Waals surface area contributed by atoms with Crippen LogP contribution in [0.2, 0.25) is 0 Å². The molecule has 0 radical (unpaired) electrons. The first-order chi connectivity index (χ1) is 10.5. The summed E-state index contributed by atoms with van der Waals surface area (Å²) in [6.07, 6.45) is -4.67. The van der Waals surface area contributed by atoms with Gasteiger partial charge >= 0.3 is 12.3 Å². The number of hydrogen-bond acceptors (Lipinski definition) is 5. The fraction of sp³-hybridized carbons (Fsp3) is 0.0714. The van der Waals surface area contributed by atoms with Crippen LogP contribution < -0.4 is 15.3 Å². The molecule has 0 fully saturated rings. The van der Waals surface area contributed by atoms with Crippen LogP contribution in [-0.4, -0.2) is 17.4 Å². The third-order valence-electron chi connectivity index (χ3n) is 2.78. The second-order valence-corrected chi connectivity index (χ2v) is 4.35. The Labute approximate surface area is 124 Å². The summed E-state index contributed by atoms with van der Waals surface area (Å²) in [7, 11) is 0. The highest BCUT2D eigenvalue weighted by Crippen LogP contribution is 2.26. The van der Waals surface area contributed by atoms with Crippen molar-refractivity contribution < 1.29 is 17.9 Å². The number of rotatable bonds is 2. The van der Waals surface area contributed by atoms with E-state index in [0.29, 0.717) is 11.4 Å². The van der Waals surface area contributed by atoms with Gasteiger partial charge in [-0.2, -0.15) is 0 Å². The van der Waals surface area contributed by atoms with Gasteiger partial charge in [0.2, 0.25) is 0 Å². The quantitative estimate of drug-likeness (QED) is 0.866. The number of ether oxygens (including phenoxy) is 1. The monoisotopic (exact) mass is 308 g/mol. The van der Waals surface area contributed by atoms with Crippen LogP contribution in [0.3, 0.4) is 0 Å². The standard InChI is InChI=1S/C14H11F3N4O/c15-14(16,17)21-18-13(22-12-9-5-2-6-10-12)20(19-21)11-7-3-1-4-8-11/h1-10,19H. The van der Waals surface area contributed by atoms with Crippen LogP contribution in [-0.2, 0) is 0 Å². The van der Waals surface area contributed by atoms with Crippen molar-refractivity contribution in [2.24, 2.45) is 5.10 Å². The Bertz CT molecular complexity index is 661. The van der Waals surface area contributed by atoms with Gasteiger partial charge < -0.3 is 4.74 Å². The van der Waals surface area contributed by atoms with Gasteiger partial charge in [-0.15, -0.1) is 23.8 Å². The Kier molecular flexibility index (Phi) is 3.60. The van der Waals surface area contributed by atoms with Crippen molar-refractivity contribution in [1.29, 1.82) is 0 Å². The lowest BCUT2D eigenvalue weighted by molar-refractivity contribution is -0.260. The molecule has 5 nitrogen and oxygen atoms in total. The molecule has 0 amide bonds. The molecular formula is C14H11F3N4O. The van der Waals surface area contributed by atoms with Crippen LogP contribution in [0.5, 0.6) is 5.75 Å². The molecule has 2 aromatic carbocycles. The summed E-state index contributed by atoms with van der Waals surface area (Å²) >= 11 is 0. The maximum atomic E-state index is 12.8. The molecule has 0 saturated heterocycles. The fourth-order valence-corrected chi connectivity index (χ4v) is 1.81. The normalized spacial score (nSPS) is 15.0. The Morgan fingerprint density at radius 1 is 0.909 bits per heavy atom. The number of hydrogen-bond donors (Lipinski definition) is 1. The topological polar surface area (TPSA) is 40.1 Å². The van der Waals surface area contributed by atoms with Crippen molar-refractivity contribution in [1.82, 2.24) is 10.7 Å². The Hall–Kier alpha value is -2.74. The van der Waals surface area contributed by atoms with Gasteiger partial charge in [0.25, 0.3) is 0 Å². The first kappa shape index (κ1) is 14.2. The van der Waals surface area contributed by atoms with E-state index >= 15 is 0 Å². The number of anilines is 1. The number of hydrazone groups is 1. The summed E-state index contributed by atoms with van der Waals surface area (Å²) in [4.78, 5) is 0. The molecule has 114 valence electrons. The molecular weight excluding hydrogens is 297 g/mol. The lowest BCUT2D eigenvalue weighted by Gasteiger charge is -2.22. The van der Waals surface area contributed by atoms with E-state index in [9.17, 15) is 13.2 Å². The van der Waals surface area contributed by atoms with Gasteiger partial charge in [0.15, 0.2) is 0 Å². The van der Waals surface area contributed by atoms with E-state index in [0.717, 1.165) is 5.01 Å². The Morgan fingerprint density at radius 3 is 2.09 bits per heavy atom. The van der Waals surface area contributed by atoms with E-state index in [2.05, 4.69) is 10.6 Å². The minimum Gasteiger partial charge on any atom is -0.423 e. The van der Waals surface area contributed by atoms with Gasteiger partial charge in [0.1, 0.15) is 5.75 Å². The molecule has 0 spiro atoms. The zero-order valence-electron chi connectivity index (χ0n) is 11.2. The third-order valence-corrected chi connectivity index (χ3v) is 2.78. The summed E-state index contributed by atoms with van der Waals surface area (Å²) in [5.41, 5.74) is 2.59. The van der Waals surface area contributed by atoms with E-state index in [1.165, 1.54) is 0 Å². The molecule has 0 unspecified atom stereocenters. The van der Waals surface area contributed by atoms with Crippen molar-refractivity contribution in [2.45, 2.75) is 6.30 Å². The number of alkyl halides is 3. The Balaban J connectivity index is 1.90. The van der Waals surface area contributed by atoms with Crippen LogP contribution in [0.25, 0.3) is 0 Å². The van der Waals surface area contributed by atoms with Crippen LogP contribution in [0.1, 0.15) is 0 Å². The molecule has 0 aromatic heterocycles. The zero-order valence-corrected chi connectivity index (χ0v) is 11.2. The number of benzene rings is 2.